The van der Waals surface area contributed by atoms with Crippen molar-refractivity contribution in [3.05, 3.63) is 11.6 Å². The summed E-state index contributed by atoms with van der Waals surface area (Å²) < 4.78 is 13.2. The lowest BCUT2D eigenvalue weighted by atomic mass is 9.46. The molecule has 4 aliphatic carbocycles. The summed E-state index contributed by atoms with van der Waals surface area (Å²) in [5.41, 5.74) is 0.678. The molecule has 3 saturated carbocycles. The molecule has 178 valence electrons. The van der Waals surface area contributed by atoms with Crippen molar-refractivity contribution in [2.75, 3.05) is 6.61 Å². The van der Waals surface area contributed by atoms with Crippen LogP contribution in [-0.4, -0.2) is 46.2 Å². The highest BCUT2D eigenvalue weighted by Gasteiger charge is 2.71. The van der Waals surface area contributed by atoms with Crippen molar-refractivity contribution in [1.82, 2.24) is 0 Å². The predicted octanol–water partition coefficient (Wildman–Crippen LogP) is 4.01. The minimum absolute atomic E-state index is 0.0181. The molecule has 11 atom stereocenters. The van der Waals surface area contributed by atoms with Crippen LogP contribution < -0.4 is 0 Å². The highest BCUT2D eigenvalue weighted by molar-refractivity contribution is 5.85. The van der Waals surface area contributed by atoms with Gasteiger partial charge in [-0.2, -0.15) is 0 Å². The van der Waals surface area contributed by atoms with E-state index >= 15 is 0 Å². The molecule has 6 aliphatic rings. The zero-order valence-electron chi connectivity index (χ0n) is 20.1. The normalized spacial score (nSPS) is 58.9. The summed E-state index contributed by atoms with van der Waals surface area (Å²) in [4.78, 5) is 13.9. The molecular weight excluding hydrogens is 404 g/mol. The molecule has 0 amide bonds. The Morgan fingerprint density at radius 2 is 1.97 bits per heavy atom. The van der Waals surface area contributed by atoms with Gasteiger partial charge in [-0.3, -0.25) is 4.79 Å². The van der Waals surface area contributed by atoms with Gasteiger partial charge in [-0.25, -0.2) is 0 Å². The van der Waals surface area contributed by atoms with E-state index in [1.807, 2.05) is 6.92 Å². The number of Topliss-reactive ketones (excluding diaryl/α,β-unsaturated/α-hetero) is 1. The second-order valence-electron chi connectivity index (χ2n) is 12.9. The van der Waals surface area contributed by atoms with E-state index < -0.39 is 11.4 Å². The van der Waals surface area contributed by atoms with Gasteiger partial charge in [-0.15, -0.1) is 0 Å². The number of hydrogen-bond acceptors (Lipinski definition) is 5. The molecule has 5 fully saturated rings. The Balaban J connectivity index is 1.32. The van der Waals surface area contributed by atoms with Crippen LogP contribution in [0.2, 0.25) is 0 Å². The molecule has 2 N–H and O–H groups in total. The molecule has 2 heterocycles. The van der Waals surface area contributed by atoms with Crippen molar-refractivity contribution >= 4 is 5.78 Å². The Hall–Kier alpha value is -0.750. The van der Waals surface area contributed by atoms with Crippen molar-refractivity contribution in [3.8, 4) is 0 Å². The van der Waals surface area contributed by atoms with Crippen LogP contribution in [0, 0.1) is 40.4 Å². The van der Waals surface area contributed by atoms with E-state index in [0.717, 1.165) is 44.9 Å². The van der Waals surface area contributed by atoms with Gasteiger partial charge in [0, 0.05) is 24.7 Å². The lowest BCUT2D eigenvalue weighted by Crippen LogP contribution is -2.55. The van der Waals surface area contributed by atoms with Crippen LogP contribution in [0.15, 0.2) is 11.6 Å². The maximum atomic E-state index is 13.9. The predicted molar refractivity (Wildman–Crippen MR) is 120 cm³/mol. The number of rotatable bonds is 1. The molecule has 0 aromatic rings. The average molecular weight is 445 g/mol. The Morgan fingerprint density at radius 3 is 2.69 bits per heavy atom. The summed E-state index contributed by atoms with van der Waals surface area (Å²) >= 11 is 0. The number of hydrogen-bond donors (Lipinski definition) is 2. The molecule has 5 nitrogen and oxygen atoms in total. The minimum Gasteiger partial charge on any atom is -0.393 e. The van der Waals surface area contributed by atoms with Gasteiger partial charge in [-0.05, 0) is 74.0 Å². The van der Waals surface area contributed by atoms with Crippen LogP contribution in [0.3, 0.4) is 0 Å². The van der Waals surface area contributed by atoms with E-state index in [4.69, 9.17) is 9.47 Å². The molecule has 0 aromatic heterocycles. The molecule has 1 spiro atoms. The SMILES string of the molecule is CC1C2C(CC3C4CC=C5CC(O)CCC5(C)C4C(=O)CC32C)OC12CCC(C)(CO)O2. The quantitative estimate of drug-likeness (QED) is 0.598. The second-order valence-corrected chi connectivity index (χ2v) is 12.9. The fourth-order valence-electron chi connectivity index (χ4n) is 9.63. The molecule has 5 heteroatoms. The third kappa shape index (κ3) is 2.63. The number of aliphatic hydroxyl groups is 2. The van der Waals surface area contributed by atoms with Crippen LogP contribution in [0.4, 0.5) is 0 Å². The molecule has 11 unspecified atom stereocenters. The summed E-state index contributed by atoms with van der Waals surface area (Å²) in [6.45, 7) is 8.93. The maximum Gasteiger partial charge on any atom is 0.172 e. The fraction of sp³-hybridized carbons (Fsp3) is 0.889. The maximum absolute atomic E-state index is 13.9. The third-order valence-electron chi connectivity index (χ3n) is 11.2. The van der Waals surface area contributed by atoms with Crippen LogP contribution in [0.25, 0.3) is 0 Å². The molecule has 32 heavy (non-hydrogen) atoms. The number of fused-ring (bicyclic) bond motifs is 7. The van der Waals surface area contributed by atoms with Crippen molar-refractivity contribution < 1.29 is 24.5 Å². The average Bonchev–Trinajstić information content (AvgIpc) is 3.32. The van der Waals surface area contributed by atoms with Crippen molar-refractivity contribution in [3.63, 3.8) is 0 Å². The molecule has 2 saturated heterocycles. The van der Waals surface area contributed by atoms with E-state index in [1.165, 1.54) is 5.57 Å². The Labute approximate surface area is 191 Å². The highest BCUT2D eigenvalue weighted by atomic mass is 16.7. The van der Waals surface area contributed by atoms with Gasteiger partial charge < -0.3 is 19.7 Å². The first-order valence-electron chi connectivity index (χ1n) is 12.9. The third-order valence-corrected chi connectivity index (χ3v) is 11.2. The van der Waals surface area contributed by atoms with Crippen molar-refractivity contribution in [2.45, 2.75) is 103 Å². The molecule has 0 radical (unpaired) electrons. The lowest BCUT2D eigenvalue weighted by Gasteiger charge is -2.57. The standard InChI is InChI=1S/C27H40O5/c1-15-22-21(31-27(15)10-9-24(2,14-28)32-27)12-19-18-6-5-16-11-17(29)7-8-25(16,3)23(18)20(30)13-26(19,22)4/h5,15,17-19,21-23,28-29H,6-14H2,1-4H3. The van der Waals surface area contributed by atoms with E-state index in [0.29, 0.717) is 30.0 Å². The summed E-state index contributed by atoms with van der Waals surface area (Å²) in [6.07, 6.45) is 9.01. The van der Waals surface area contributed by atoms with E-state index in [2.05, 4.69) is 26.8 Å². The smallest absolute Gasteiger partial charge is 0.172 e. The molecule has 0 aromatic carbocycles. The van der Waals surface area contributed by atoms with Gasteiger partial charge >= 0.3 is 0 Å². The molecule has 6 rings (SSSR count). The zero-order valence-corrected chi connectivity index (χ0v) is 20.1. The summed E-state index contributed by atoms with van der Waals surface area (Å²) in [5.74, 6) is 1.35. The molecular formula is C27H40O5. The van der Waals surface area contributed by atoms with Gasteiger partial charge in [0.2, 0.25) is 0 Å². The second kappa shape index (κ2) is 6.68. The fourth-order valence-corrected chi connectivity index (χ4v) is 9.63. The first-order valence-corrected chi connectivity index (χ1v) is 12.9. The molecule has 0 bridgehead atoms. The van der Waals surface area contributed by atoms with Crippen LogP contribution in [-0.2, 0) is 14.3 Å². The first kappa shape index (κ1) is 21.8. The van der Waals surface area contributed by atoms with Crippen LogP contribution in [0.1, 0.15) is 79.1 Å². The summed E-state index contributed by atoms with van der Waals surface area (Å²) in [7, 11) is 0. The van der Waals surface area contributed by atoms with E-state index in [-0.39, 0.29) is 41.5 Å². The van der Waals surface area contributed by atoms with Crippen LogP contribution >= 0.6 is 0 Å². The highest BCUT2D eigenvalue weighted by Crippen LogP contribution is 2.70. The summed E-state index contributed by atoms with van der Waals surface area (Å²) in [6, 6.07) is 0. The van der Waals surface area contributed by atoms with E-state index in [1.54, 1.807) is 0 Å². The number of carbonyl (C=O) groups excluding carboxylic acids is 1. The Kier molecular flexibility index (Phi) is 4.54. The topological polar surface area (TPSA) is 76.0 Å². The molecule has 2 aliphatic heterocycles. The van der Waals surface area contributed by atoms with Gasteiger partial charge in [-0.1, -0.05) is 32.4 Å². The number of carbonyl (C=O) groups is 1. The van der Waals surface area contributed by atoms with Gasteiger partial charge in [0.05, 0.1) is 24.4 Å². The number of ketones is 1. The van der Waals surface area contributed by atoms with Gasteiger partial charge in [0.15, 0.2) is 5.79 Å². The van der Waals surface area contributed by atoms with Gasteiger partial charge in [0.1, 0.15) is 5.78 Å². The van der Waals surface area contributed by atoms with Crippen molar-refractivity contribution in [2.24, 2.45) is 40.4 Å². The zero-order chi connectivity index (χ0) is 22.7. The van der Waals surface area contributed by atoms with Crippen molar-refractivity contribution in [1.29, 1.82) is 0 Å². The van der Waals surface area contributed by atoms with Gasteiger partial charge in [0.25, 0.3) is 0 Å². The van der Waals surface area contributed by atoms with Crippen LogP contribution in [0.5, 0.6) is 0 Å². The minimum atomic E-state index is -0.605. The summed E-state index contributed by atoms with van der Waals surface area (Å²) in [5, 5.41) is 20.1. The number of allylic oxidation sites excluding steroid dienone is 1. The number of ether oxygens (including phenoxy) is 2. The first-order chi connectivity index (χ1) is 15.1. The lowest BCUT2D eigenvalue weighted by molar-refractivity contribution is -0.262. The van der Waals surface area contributed by atoms with E-state index in [9.17, 15) is 15.0 Å². The number of aliphatic hydroxyl groups excluding tert-OH is 2. The monoisotopic (exact) mass is 444 g/mol. The largest absolute Gasteiger partial charge is 0.393 e. The Bertz CT molecular complexity index is 868. The Morgan fingerprint density at radius 1 is 1.19 bits per heavy atom.